The molecule has 0 radical (unpaired) electrons. The van der Waals surface area contributed by atoms with Gasteiger partial charge in [0.25, 0.3) is 0 Å². The second kappa shape index (κ2) is 4.79. The van der Waals surface area contributed by atoms with E-state index in [1.165, 1.54) is 25.3 Å². The second-order valence-corrected chi connectivity index (χ2v) is 3.74. The highest BCUT2D eigenvalue weighted by Crippen LogP contribution is 2.21. The Balaban J connectivity index is 3.17. The van der Waals surface area contributed by atoms with Gasteiger partial charge in [0, 0.05) is 11.5 Å². The van der Waals surface area contributed by atoms with E-state index in [1.54, 1.807) is 13.8 Å². The maximum absolute atomic E-state index is 11.7. The summed E-state index contributed by atoms with van der Waals surface area (Å²) in [5.41, 5.74) is 0.405. The molecule has 0 amide bonds. The molecule has 0 aromatic heterocycles. The average Bonchev–Trinajstić information content (AvgIpc) is 2.27. The van der Waals surface area contributed by atoms with Crippen LogP contribution in [-0.2, 0) is 4.74 Å². The number of ether oxygens (including phenoxy) is 1. The highest BCUT2D eigenvalue weighted by Gasteiger charge is 2.16. The molecule has 0 aliphatic carbocycles. The molecule has 0 heterocycles. The Labute approximate surface area is 93.9 Å². The number of hydrogen-bond acceptors (Lipinski definition) is 4. The van der Waals surface area contributed by atoms with Gasteiger partial charge in [-0.15, -0.1) is 0 Å². The van der Waals surface area contributed by atoms with E-state index >= 15 is 0 Å². The maximum atomic E-state index is 11.7. The molecule has 16 heavy (non-hydrogen) atoms. The van der Waals surface area contributed by atoms with Crippen molar-refractivity contribution < 1.29 is 19.4 Å². The third-order valence-electron chi connectivity index (χ3n) is 2.21. The summed E-state index contributed by atoms with van der Waals surface area (Å²) in [4.78, 5) is 23.0. The third kappa shape index (κ3) is 2.39. The number of hydrogen-bond donors (Lipinski definition) is 1. The number of carbonyl (C=O) groups is 2. The number of carbonyl (C=O) groups excluding carboxylic acids is 2. The van der Waals surface area contributed by atoms with Gasteiger partial charge in [0.1, 0.15) is 11.3 Å². The minimum absolute atomic E-state index is 0.00833. The summed E-state index contributed by atoms with van der Waals surface area (Å²) >= 11 is 0. The van der Waals surface area contributed by atoms with Gasteiger partial charge >= 0.3 is 5.97 Å². The monoisotopic (exact) mass is 222 g/mol. The van der Waals surface area contributed by atoms with Gasteiger partial charge in [-0.1, -0.05) is 13.8 Å². The summed E-state index contributed by atoms with van der Waals surface area (Å²) in [6.45, 7) is 3.54. The highest BCUT2D eigenvalue weighted by molar-refractivity contribution is 6.01. The summed E-state index contributed by atoms with van der Waals surface area (Å²) in [6.07, 6.45) is 0. The number of esters is 1. The van der Waals surface area contributed by atoms with Crippen LogP contribution in [0, 0.1) is 5.92 Å². The quantitative estimate of drug-likeness (QED) is 0.627. The van der Waals surface area contributed by atoms with Crippen molar-refractivity contribution in [3.8, 4) is 5.75 Å². The van der Waals surface area contributed by atoms with E-state index in [9.17, 15) is 14.7 Å². The molecule has 86 valence electrons. The first-order chi connectivity index (χ1) is 7.47. The zero-order valence-electron chi connectivity index (χ0n) is 9.48. The van der Waals surface area contributed by atoms with Crippen molar-refractivity contribution in [3.05, 3.63) is 29.3 Å². The van der Waals surface area contributed by atoms with Crippen molar-refractivity contribution >= 4 is 11.8 Å². The largest absolute Gasteiger partial charge is 0.507 e. The Hall–Kier alpha value is -1.84. The van der Waals surface area contributed by atoms with Gasteiger partial charge in [0.2, 0.25) is 0 Å². The Bertz CT molecular complexity index is 421. The molecule has 0 atom stereocenters. The van der Waals surface area contributed by atoms with E-state index in [0.29, 0.717) is 5.56 Å². The molecular weight excluding hydrogens is 208 g/mol. The molecule has 0 fully saturated rings. The van der Waals surface area contributed by atoms with Gasteiger partial charge in [-0.2, -0.15) is 0 Å². The predicted octanol–water partition coefficient (Wildman–Crippen LogP) is 2.02. The van der Waals surface area contributed by atoms with Crippen molar-refractivity contribution in [2.45, 2.75) is 13.8 Å². The number of phenolic OH excluding ortho intramolecular Hbond substituents is 1. The number of Topliss-reactive ketones (excluding diaryl/α,β-unsaturated/α-hetero) is 1. The SMILES string of the molecule is COC(=O)c1cc(C(=O)C(C)C)ccc1O. The zero-order chi connectivity index (χ0) is 12.3. The van der Waals surface area contributed by atoms with E-state index in [2.05, 4.69) is 4.74 Å². The van der Waals surface area contributed by atoms with Crippen LogP contribution in [0.4, 0.5) is 0 Å². The summed E-state index contributed by atoms with van der Waals surface area (Å²) in [7, 11) is 1.22. The van der Waals surface area contributed by atoms with Crippen molar-refractivity contribution in [3.63, 3.8) is 0 Å². The van der Waals surface area contributed by atoms with Crippen LogP contribution in [0.2, 0.25) is 0 Å². The molecule has 4 heteroatoms. The lowest BCUT2D eigenvalue weighted by Crippen LogP contribution is -2.09. The maximum Gasteiger partial charge on any atom is 0.341 e. The lowest BCUT2D eigenvalue weighted by atomic mass is 9.99. The van der Waals surface area contributed by atoms with Crippen LogP contribution in [0.1, 0.15) is 34.6 Å². The van der Waals surface area contributed by atoms with Crippen molar-refractivity contribution in [1.82, 2.24) is 0 Å². The fourth-order valence-electron chi connectivity index (χ4n) is 1.30. The minimum atomic E-state index is -0.657. The summed E-state index contributed by atoms with van der Waals surface area (Å²) < 4.78 is 4.50. The minimum Gasteiger partial charge on any atom is -0.507 e. The summed E-state index contributed by atoms with van der Waals surface area (Å²) in [5, 5.41) is 9.44. The molecule has 0 aliphatic heterocycles. The Kier molecular flexibility index (Phi) is 3.66. The van der Waals surface area contributed by atoms with Crippen LogP contribution in [0.25, 0.3) is 0 Å². The van der Waals surface area contributed by atoms with Gasteiger partial charge in [-0.25, -0.2) is 4.79 Å². The topological polar surface area (TPSA) is 63.6 Å². The van der Waals surface area contributed by atoms with Crippen LogP contribution in [0.3, 0.4) is 0 Å². The first-order valence-electron chi connectivity index (χ1n) is 4.93. The number of methoxy groups -OCH3 is 1. The van der Waals surface area contributed by atoms with Crippen LogP contribution >= 0.6 is 0 Å². The average molecular weight is 222 g/mol. The first-order valence-corrected chi connectivity index (χ1v) is 4.93. The Morgan fingerprint density at radius 1 is 1.31 bits per heavy atom. The third-order valence-corrected chi connectivity index (χ3v) is 2.21. The van der Waals surface area contributed by atoms with E-state index < -0.39 is 5.97 Å². The van der Waals surface area contributed by atoms with Gasteiger partial charge in [-0.05, 0) is 18.2 Å². The van der Waals surface area contributed by atoms with Crippen molar-refractivity contribution in [1.29, 1.82) is 0 Å². The molecule has 0 saturated carbocycles. The smallest absolute Gasteiger partial charge is 0.341 e. The van der Waals surface area contributed by atoms with Crippen molar-refractivity contribution in [2.24, 2.45) is 5.92 Å². The van der Waals surface area contributed by atoms with Crippen LogP contribution in [-0.4, -0.2) is 24.0 Å². The fraction of sp³-hybridized carbons (Fsp3) is 0.333. The number of aromatic hydroxyl groups is 1. The van der Waals surface area contributed by atoms with Gasteiger partial charge in [-0.3, -0.25) is 4.79 Å². The van der Waals surface area contributed by atoms with Gasteiger partial charge < -0.3 is 9.84 Å². The predicted molar refractivity (Wildman–Crippen MR) is 58.6 cm³/mol. The van der Waals surface area contributed by atoms with E-state index in [0.717, 1.165) is 0 Å². The number of phenols is 1. The molecule has 4 nitrogen and oxygen atoms in total. The van der Waals surface area contributed by atoms with Crippen LogP contribution in [0.5, 0.6) is 5.75 Å². The number of rotatable bonds is 3. The molecular formula is C12H14O4. The van der Waals surface area contributed by atoms with E-state index in [1.807, 2.05) is 0 Å². The standard InChI is InChI=1S/C12H14O4/c1-7(2)11(14)8-4-5-10(13)9(6-8)12(15)16-3/h4-7,13H,1-3H3. The van der Waals surface area contributed by atoms with Crippen molar-refractivity contribution in [2.75, 3.05) is 7.11 Å². The molecule has 0 unspecified atom stereocenters. The Morgan fingerprint density at radius 2 is 1.94 bits per heavy atom. The fourth-order valence-corrected chi connectivity index (χ4v) is 1.30. The lowest BCUT2D eigenvalue weighted by molar-refractivity contribution is 0.0597. The number of ketones is 1. The molecule has 0 saturated heterocycles. The molecule has 1 aromatic rings. The normalized spacial score (nSPS) is 10.2. The molecule has 1 N–H and O–H groups in total. The Morgan fingerprint density at radius 3 is 2.44 bits per heavy atom. The molecule has 1 rings (SSSR count). The van der Waals surface area contributed by atoms with Crippen LogP contribution in [0.15, 0.2) is 18.2 Å². The zero-order valence-corrected chi connectivity index (χ0v) is 9.48. The molecule has 0 spiro atoms. The second-order valence-electron chi connectivity index (χ2n) is 3.74. The molecule has 0 bridgehead atoms. The van der Waals surface area contributed by atoms with Gasteiger partial charge in [0.15, 0.2) is 5.78 Å². The molecule has 0 aliphatic rings. The van der Waals surface area contributed by atoms with Crippen LogP contribution < -0.4 is 0 Å². The number of benzene rings is 1. The summed E-state index contributed by atoms with van der Waals surface area (Å²) in [5.74, 6) is -1.08. The van der Waals surface area contributed by atoms with E-state index in [-0.39, 0.29) is 23.0 Å². The molecule has 1 aromatic carbocycles. The highest BCUT2D eigenvalue weighted by atomic mass is 16.5. The summed E-state index contributed by atoms with van der Waals surface area (Å²) in [6, 6.07) is 4.16. The van der Waals surface area contributed by atoms with E-state index in [4.69, 9.17) is 0 Å². The van der Waals surface area contributed by atoms with Gasteiger partial charge in [0.05, 0.1) is 7.11 Å². The lowest BCUT2D eigenvalue weighted by Gasteiger charge is -2.07. The first kappa shape index (κ1) is 12.2.